The number of fused-ring (bicyclic) bond motifs is 1. The highest BCUT2D eigenvalue weighted by Gasteiger charge is 2.22. The van der Waals surface area contributed by atoms with Gasteiger partial charge in [0.2, 0.25) is 0 Å². The number of carbonyl (C=O) groups excluding carboxylic acids is 1. The van der Waals surface area contributed by atoms with Crippen LogP contribution < -0.4 is 10.6 Å². The Morgan fingerprint density at radius 3 is 2.90 bits per heavy atom. The molecule has 0 aliphatic carbocycles. The van der Waals surface area contributed by atoms with Crippen LogP contribution in [0.5, 0.6) is 0 Å². The molecule has 0 bridgehead atoms. The fourth-order valence-electron chi connectivity index (χ4n) is 3.55. The van der Waals surface area contributed by atoms with Crippen LogP contribution in [0.15, 0.2) is 41.4 Å². The Morgan fingerprint density at radius 1 is 1.23 bits per heavy atom. The van der Waals surface area contributed by atoms with Crippen molar-refractivity contribution < 1.29 is 9.21 Å². The Kier molecular flexibility index (Phi) is 4.68. The van der Waals surface area contributed by atoms with Gasteiger partial charge in [-0.3, -0.25) is 14.5 Å². The molecule has 1 aliphatic rings. The van der Waals surface area contributed by atoms with E-state index in [9.17, 15) is 4.79 Å². The number of hydrogen-bond donors (Lipinski definition) is 2. The minimum Gasteiger partial charge on any atom is -0.448 e. The third-order valence-corrected chi connectivity index (χ3v) is 5.15. The average molecular weight is 404 g/mol. The SMILES string of the molecule is Cn1cc(-c2cnc3cnc(NC(=O)c4coc(C5CCNCC5)n4)cc3c2)nn1. The van der Waals surface area contributed by atoms with Gasteiger partial charge in [-0.05, 0) is 38.1 Å². The van der Waals surface area contributed by atoms with Crippen molar-refractivity contribution in [2.75, 3.05) is 18.4 Å². The first-order valence-corrected chi connectivity index (χ1v) is 9.76. The molecule has 10 heteroatoms. The Morgan fingerprint density at radius 2 is 2.10 bits per heavy atom. The number of nitrogens with zero attached hydrogens (tertiary/aromatic N) is 6. The van der Waals surface area contributed by atoms with Gasteiger partial charge in [0.25, 0.3) is 5.91 Å². The van der Waals surface area contributed by atoms with Crippen LogP contribution in [0.4, 0.5) is 5.82 Å². The zero-order chi connectivity index (χ0) is 20.5. The summed E-state index contributed by atoms with van der Waals surface area (Å²) in [5, 5.41) is 15.0. The van der Waals surface area contributed by atoms with E-state index < -0.39 is 0 Å². The molecule has 5 rings (SSSR count). The molecule has 4 aromatic rings. The predicted octanol–water partition coefficient (Wildman–Crippen LogP) is 2.13. The minimum absolute atomic E-state index is 0.247. The molecule has 0 saturated carbocycles. The Labute approximate surface area is 171 Å². The molecule has 30 heavy (non-hydrogen) atoms. The first-order valence-electron chi connectivity index (χ1n) is 9.76. The van der Waals surface area contributed by atoms with E-state index in [2.05, 4.69) is 35.9 Å². The predicted molar refractivity (Wildman–Crippen MR) is 109 cm³/mol. The van der Waals surface area contributed by atoms with Crippen LogP contribution in [0.2, 0.25) is 0 Å². The molecule has 1 aliphatic heterocycles. The fourth-order valence-corrected chi connectivity index (χ4v) is 3.55. The summed E-state index contributed by atoms with van der Waals surface area (Å²) in [6.45, 7) is 1.86. The Hall–Kier alpha value is -3.66. The fraction of sp³-hybridized carbons (Fsp3) is 0.300. The monoisotopic (exact) mass is 404 g/mol. The summed E-state index contributed by atoms with van der Waals surface area (Å²) in [6.07, 6.45) is 8.47. The van der Waals surface area contributed by atoms with Crippen molar-refractivity contribution in [1.82, 2.24) is 35.3 Å². The number of pyridine rings is 2. The molecule has 1 fully saturated rings. The van der Waals surface area contributed by atoms with Gasteiger partial charge in [0, 0.05) is 30.1 Å². The number of carbonyl (C=O) groups is 1. The summed E-state index contributed by atoms with van der Waals surface area (Å²) >= 11 is 0. The van der Waals surface area contributed by atoms with Gasteiger partial charge in [-0.25, -0.2) is 9.97 Å². The van der Waals surface area contributed by atoms with Crippen molar-refractivity contribution in [3.63, 3.8) is 0 Å². The normalized spacial score (nSPS) is 14.8. The van der Waals surface area contributed by atoms with Gasteiger partial charge < -0.3 is 15.1 Å². The average Bonchev–Trinajstić information content (AvgIpc) is 3.43. The molecule has 4 aromatic heterocycles. The van der Waals surface area contributed by atoms with Gasteiger partial charge in [-0.1, -0.05) is 5.21 Å². The molecular weight excluding hydrogens is 384 g/mol. The lowest BCUT2D eigenvalue weighted by Crippen LogP contribution is -2.26. The van der Waals surface area contributed by atoms with Gasteiger partial charge >= 0.3 is 0 Å². The van der Waals surface area contributed by atoms with E-state index in [0.717, 1.165) is 48.1 Å². The molecule has 1 amide bonds. The van der Waals surface area contributed by atoms with Crippen LogP contribution in [-0.2, 0) is 7.05 Å². The zero-order valence-corrected chi connectivity index (χ0v) is 16.4. The second-order valence-electron chi connectivity index (χ2n) is 7.31. The third kappa shape index (κ3) is 3.64. The number of amides is 1. The molecule has 1 saturated heterocycles. The first kappa shape index (κ1) is 18.4. The largest absolute Gasteiger partial charge is 0.448 e. The van der Waals surface area contributed by atoms with Crippen molar-refractivity contribution >= 4 is 22.6 Å². The molecule has 10 nitrogen and oxygen atoms in total. The van der Waals surface area contributed by atoms with Crippen molar-refractivity contribution in [1.29, 1.82) is 0 Å². The number of hydrogen-bond acceptors (Lipinski definition) is 8. The number of nitrogens with one attached hydrogen (secondary N) is 2. The summed E-state index contributed by atoms with van der Waals surface area (Å²) in [7, 11) is 1.81. The topological polar surface area (TPSA) is 124 Å². The standard InChI is InChI=1S/C20H20N8O2/c1-28-10-16(26-27-28)14-6-13-7-18(23-9-15(13)22-8-14)25-19(29)17-11-30-20(24-17)12-2-4-21-5-3-12/h6-12,21H,2-5H2,1H3,(H,23,25,29). The Balaban J connectivity index is 1.35. The molecule has 0 radical (unpaired) electrons. The second kappa shape index (κ2) is 7.64. The van der Waals surface area contributed by atoms with E-state index >= 15 is 0 Å². The van der Waals surface area contributed by atoms with Crippen LogP contribution in [0.25, 0.3) is 22.2 Å². The van der Waals surface area contributed by atoms with Crippen LogP contribution in [0.3, 0.4) is 0 Å². The molecule has 2 N–H and O–H groups in total. The van der Waals surface area contributed by atoms with E-state index in [-0.39, 0.29) is 17.5 Å². The van der Waals surface area contributed by atoms with Crippen molar-refractivity contribution in [2.45, 2.75) is 18.8 Å². The van der Waals surface area contributed by atoms with Gasteiger partial charge in [-0.2, -0.15) is 0 Å². The molecular formula is C20H20N8O2. The molecule has 152 valence electrons. The van der Waals surface area contributed by atoms with Crippen molar-refractivity contribution in [2.24, 2.45) is 7.05 Å². The molecule has 0 unspecified atom stereocenters. The zero-order valence-electron chi connectivity index (χ0n) is 16.4. The summed E-state index contributed by atoms with van der Waals surface area (Å²) in [5.41, 5.74) is 2.52. The van der Waals surface area contributed by atoms with Gasteiger partial charge in [0.15, 0.2) is 11.6 Å². The summed E-state index contributed by atoms with van der Waals surface area (Å²) < 4.78 is 7.19. The summed E-state index contributed by atoms with van der Waals surface area (Å²) in [5.74, 6) is 0.920. The van der Waals surface area contributed by atoms with Crippen LogP contribution >= 0.6 is 0 Å². The van der Waals surface area contributed by atoms with E-state index in [1.807, 2.05) is 19.3 Å². The maximum atomic E-state index is 12.6. The highest BCUT2D eigenvalue weighted by atomic mass is 16.3. The van der Waals surface area contributed by atoms with Crippen LogP contribution in [-0.4, -0.2) is 48.9 Å². The van der Waals surface area contributed by atoms with Crippen molar-refractivity contribution in [3.05, 3.63) is 48.6 Å². The maximum Gasteiger partial charge on any atom is 0.278 e. The summed E-state index contributed by atoms with van der Waals surface area (Å²) in [4.78, 5) is 25.7. The van der Waals surface area contributed by atoms with E-state index in [4.69, 9.17) is 4.42 Å². The molecule has 0 aromatic carbocycles. The van der Waals surface area contributed by atoms with E-state index in [1.165, 1.54) is 6.26 Å². The number of oxazole rings is 1. The maximum absolute atomic E-state index is 12.6. The number of rotatable bonds is 4. The number of anilines is 1. The highest BCUT2D eigenvalue weighted by molar-refractivity contribution is 6.02. The number of aromatic nitrogens is 6. The molecule has 5 heterocycles. The van der Waals surface area contributed by atoms with Crippen LogP contribution in [0.1, 0.15) is 35.1 Å². The van der Waals surface area contributed by atoms with Crippen LogP contribution in [0, 0.1) is 0 Å². The highest BCUT2D eigenvalue weighted by Crippen LogP contribution is 2.25. The number of piperidine rings is 1. The lowest BCUT2D eigenvalue weighted by molar-refractivity contribution is 0.102. The summed E-state index contributed by atoms with van der Waals surface area (Å²) in [6, 6.07) is 3.71. The third-order valence-electron chi connectivity index (χ3n) is 5.15. The van der Waals surface area contributed by atoms with Crippen molar-refractivity contribution in [3.8, 4) is 11.3 Å². The Bertz CT molecular complexity index is 1210. The number of aryl methyl sites for hydroxylation is 1. The molecule has 0 spiro atoms. The molecule has 0 atom stereocenters. The van der Waals surface area contributed by atoms with Gasteiger partial charge in [0.1, 0.15) is 17.8 Å². The lowest BCUT2D eigenvalue weighted by Gasteiger charge is -2.19. The minimum atomic E-state index is -0.358. The van der Waals surface area contributed by atoms with Gasteiger partial charge in [-0.15, -0.1) is 5.10 Å². The quantitative estimate of drug-likeness (QED) is 0.530. The second-order valence-corrected chi connectivity index (χ2v) is 7.31. The first-order chi connectivity index (χ1) is 14.7. The lowest BCUT2D eigenvalue weighted by atomic mass is 9.98. The van der Waals surface area contributed by atoms with Gasteiger partial charge in [0.05, 0.1) is 17.9 Å². The smallest absolute Gasteiger partial charge is 0.278 e. The van der Waals surface area contributed by atoms with E-state index in [1.54, 1.807) is 23.1 Å². The van der Waals surface area contributed by atoms with E-state index in [0.29, 0.717) is 11.7 Å².